The third-order valence-electron chi connectivity index (χ3n) is 5.17. The summed E-state index contributed by atoms with van der Waals surface area (Å²) < 4.78 is 8.12. The van der Waals surface area contributed by atoms with E-state index in [1.54, 1.807) is 10.7 Å². The van der Waals surface area contributed by atoms with Crippen molar-refractivity contribution < 1.29 is 4.74 Å². The number of nitrogens with two attached hydrogens (primary N) is 1. The third kappa shape index (κ3) is 2.97. The summed E-state index contributed by atoms with van der Waals surface area (Å²) in [6, 6.07) is 2.71. The Morgan fingerprint density at radius 2 is 1.91 bits per heavy atom. The van der Waals surface area contributed by atoms with Gasteiger partial charge in [-0.3, -0.25) is 4.90 Å². The minimum Gasteiger partial charge on any atom is -0.382 e. The van der Waals surface area contributed by atoms with Gasteiger partial charge in [0.25, 0.3) is 0 Å². The Labute approximate surface area is 144 Å². The largest absolute Gasteiger partial charge is 0.382 e. The molecule has 7 heteroatoms. The van der Waals surface area contributed by atoms with Gasteiger partial charge in [-0.1, -0.05) is 0 Å². The first-order valence-corrected chi connectivity index (χ1v) is 9.13. The van der Waals surface area contributed by atoms with Crippen molar-refractivity contribution in [3.8, 4) is 0 Å². The Morgan fingerprint density at radius 1 is 1.17 bits per heavy atom. The minimum absolute atomic E-state index is 0.523. The number of anilines is 1. The molecule has 0 unspecified atom stereocenters. The summed E-state index contributed by atoms with van der Waals surface area (Å²) in [5.74, 6) is 1.08. The molecule has 1 saturated carbocycles. The molecular weight excluding hydrogens is 358 g/mol. The first-order chi connectivity index (χ1) is 11.2. The van der Waals surface area contributed by atoms with E-state index < -0.39 is 0 Å². The molecule has 6 nitrogen and oxygen atoms in total. The highest BCUT2D eigenvalue weighted by molar-refractivity contribution is 9.10. The van der Waals surface area contributed by atoms with Gasteiger partial charge in [0, 0.05) is 24.7 Å². The Bertz CT molecular complexity index is 689. The van der Waals surface area contributed by atoms with Crippen molar-refractivity contribution in [1.29, 1.82) is 0 Å². The lowest BCUT2D eigenvalue weighted by Crippen LogP contribution is -2.44. The molecule has 4 rings (SSSR count). The number of fused-ring (bicyclic) bond motifs is 1. The van der Waals surface area contributed by atoms with Gasteiger partial charge in [-0.2, -0.15) is 0 Å². The van der Waals surface area contributed by atoms with Crippen LogP contribution in [-0.2, 0) is 4.74 Å². The molecule has 2 aromatic heterocycles. The number of aromatic nitrogens is 3. The highest BCUT2D eigenvalue weighted by atomic mass is 79.9. The molecule has 2 aromatic rings. The normalized spacial score (nSPS) is 26.7. The molecule has 0 radical (unpaired) electrons. The van der Waals surface area contributed by atoms with E-state index in [0.717, 1.165) is 36.6 Å². The smallest absolute Gasteiger partial charge is 0.158 e. The summed E-state index contributed by atoms with van der Waals surface area (Å²) >= 11 is 3.48. The predicted molar refractivity (Wildman–Crippen MR) is 92.5 cm³/mol. The highest BCUT2D eigenvalue weighted by Gasteiger charge is 2.29. The van der Waals surface area contributed by atoms with Gasteiger partial charge in [-0.15, -0.1) is 5.10 Å². The standard InChI is InChI=1S/C16H22BrN5O/c17-14-10-19-16-13(9-15(18)20-22(14)16)11-1-3-12(4-2-11)21-5-7-23-8-6-21/h9-12H,1-8H2,(H2,18,20). The molecule has 1 aliphatic heterocycles. The molecule has 1 aliphatic carbocycles. The number of morpholine rings is 1. The molecule has 23 heavy (non-hydrogen) atoms. The Hall–Kier alpha value is -1.18. The van der Waals surface area contributed by atoms with Gasteiger partial charge in [0.15, 0.2) is 5.65 Å². The van der Waals surface area contributed by atoms with Crippen LogP contribution in [0.25, 0.3) is 5.65 Å². The number of rotatable bonds is 2. The van der Waals surface area contributed by atoms with Gasteiger partial charge in [0.1, 0.15) is 10.4 Å². The number of hydrogen-bond donors (Lipinski definition) is 1. The molecule has 2 fully saturated rings. The third-order valence-corrected chi connectivity index (χ3v) is 5.71. The summed E-state index contributed by atoms with van der Waals surface area (Å²) in [6.45, 7) is 3.91. The van der Waals surface area contributed by atoms with Crippen molar-refractivity contribution in [2.24, 2.45) is 0 Å². The van der Waals surface area contributed by atoms with Crippen LogP contribution >= 0.6 is 15.9 Å². The number of nitrogens with zero attached hydrogens (tertiary/aromatic N) is 4. The fourth-order valence-corrected chi connectivity index (χ4v) is 4.33. The zero-order chi connectivity index (χ0) is 15.8. The summed E-state index contributed by atoms with van der Waals surface area (Å²) in [7, 11) is 0. The zero-order valence-corrected chi connectivity index (χ0v) is 14.7. The van der Waals surface area contributed by atoms with Crippen molar-refractivity contribution in [1.82, 2.24) is 19.5 Å². The molecule has 124 valence electrons. The molecule has 2 aliphatic rings. The van der Waals surface area contributed by atoms with E-state index >= 15 is 0 Å². The van der Waals surface area contributed by atoms with Crippen LogP contribution in [0.4, 0.5) is 5.82 Å². The second-order valence-corrected chi connectivity index (χ2v) is 7.31. The van der Waals surface area contributed by atoms with Crippen molar-refractivity contribution in [3.05, 3.63) is 22.4 Å². The van der Waals surface area contributed by atoms with Crippen LogP contribution in [0, 0.1) is 0 Å². The lowest BCUT2D eigenvalue weighted by molar-refractivity contribution is 0.00731. The van der Waals surface area contributed by atoms with Crippen molar-refractivity contribution >= 4 is 27.4 Å². The molecule has 0 aromatic carbocycles. The summed E-state index contributed by atoms with van der Waals surface area (Å²) in [5.41, 5.74) is 8.17. The quantitative estimate of drug-likeness (QED) is 0.867. The number of halogens is 1. The lowest BCUT2D eigenvalue weighted by Gasteiger charge is -2.38. The van der Waals surface area contributed by atoms with E-state index in [-0.39, 0.29) is 0 Å². The van der Waals surface area contributed by atoms with E-state index in [2.05, 4.69) is 30.9 Å². The summed E-state index contributed by atoms with van der Waals surface area (Å²) in [4.78, 5) is 7.11. The Kier molecular flexibility index (Phi) is 4.26. The number of nitrogen functional groups attached to an aromatic ring is 1. The van der Waals surface area contributed by atoms with Crippen molar-refractivity contribution in [3.63, 3.8) is 0 Å². The number of ether oxygens (including phenoxy) is 1. The number of imidazole rings is 1. The Balaban J connectivity index is 1.52. The maximum Gasteiger partial charge on any atom is 0.158 e. The highest BCUT2D eigenvalue weighted by Crippen LogP contribution is 2.37. The van der Waals surface area contributed by atoms with Gasteiger partial charge in [-0.25, -0.2) is 9.50 Å². The van der Waals surface area contributed by atoms with Crippen molar-refractivity contribution in [2.45, 2.75) is 37.6 Å². The van der Waals surface area contributed by atoms with Crippen LogP contribution in [0.1, 0.15) is 37.2 Å². The van der Waals surface area contributed by atoms with Crippen LogP contribution in [0.15, 0.2) is 16.9 Å². The van der Waals surface area contributed by atoms with Gasteiger partial charge >= 0.3 is 0 Å². The molecule has 2 N–H and O–H groups in total. The minimum atomic E-state index is 0.523. The molecule has 0 bridgehead atoms. The number of hydrogen-bond acceptors (Lipinski definition) is 5. The first kappa shape index (κ1) is 15.4. The maximum absolute atomic E-state index is 6.00. The van der Waals surface area contributed by atoms with E-state index in [9.17, 15) is 0 Å². The van der Waals surface area contributed by atoms with E-state index in [0.29, 0.717) is 17.8 Å². The average molecular weight is 380 g/mol. The van der Waals surface area contributed by atoms with Crippen LogP contribution in [0.5, 0.6) is 0 Å². The van der Waals surface area contributed by atoms with Crippen LogP contribution in [0.3, 0.4) is 0 Å². The van der Waals surface area contributed by atoms with Crippen LogP contribution in [0.2, 0.25) is 0 Å². The lowest BCUT2D eigenvalue weighted by atomic mass is 9.81. The SMILES string of the molecule is Nc1cc(C2CCC(N3CCOCC3)CC2)c2ncc(Br)n2n1. The van der Waals surface area contributed by atoms with Crippen LogP contribution < -0.4 is 5.73 Å². The fourth-order valence-electron chi connectivity index (χ4n) is 3.98. The zero-order valence-electron chi connectivity index (χ0n) is 13.1. The molecule has 3 heterocycles. The second kappa shape index (κ2) is 6.37. The van der Waals surface area contributed by atoms with E-state index in [1.165, 1.54) is 31.2 Å². The van der Waals surface area contributed by atoms with Gasteiger partial charge in [0.2, 0.25) is 0 Å². The van der Waals surface area contributed by atoms with E-state index in [4.69, 9.17) is 10.5 Å². The predicted octanol–water partition coefficient (Wildman–Crippen LogP) is 2.43. The monoisotopic (exact) mass is 379 g/mol. The summed E-state index contributed by atoms with van der Waals surface area (Å²) in [5, 5.41) is 4.34. The molecule has 0 spiro atoms. The summed E-state index contributed by atoms with van der Waals surface area (Å²) in [6.07, 6.45) is 6.64. The first-order valence-electron chi connectivity index (χ1n) is 8.34. The fraction of sp³-hybridized carbons (Fsp3) is 0.625. The maximum atomic E-state index is 6.00. The van der Waals surface area contributed by atoms with Gasteiger partial charge in [0.05, 0.1) is 19.4 Å². The Morgan fingerprint density at radius 3 is 2.65 bits per heavy atom. The van der Waals surface area contributed by atoms with E-state index in [1.807, 2.05) is 6.07 Å². The van der Waals surface area contributed by atoms with Gasteiger partial charge < -0.3 is 10.5 Å². The molecule has 0 atom stereocenters. The van der Waals surface area contributed by atoms with Gasteiger partial charge in [-0.05, 0) is 53.6 Å². The average Bonchev–Trinajstić information content (AvgIpc) is 2.96. The second-order valence-electron chi connectivity index (χ2n) is 6.49. The van der Waals surface area contributed by atoms with Crippen LogP contribution in [-0.4, -0.2) is 51.8 Å². The topological polar surface area (TPSA) is 68.7 Å². The molecule has 0 amide bonds. The van der Waals surface area contributed by atoms with Crippen molar-refractivity contribution in [2.75, 3.05) is 32.0 Å². The molecular formula is C16H22BrN5O. The molecule has 1 saturated heterocycles.